The van der Waals surface area contributed by atoms with Gasteiger partial charge in [0.2, 0.25) is 0 Å². The first-order valence-electron chi connectivity index (χ1n) is 9.40. The van der Waals surface area contributed by atoms with E-state index in [9.17, 15) is 4.39 Å². The van der Waals surface area contributed by atoms with Crippen LogP contribution in [0.25, 0.3) is 0 Å². The highest BCUT2D eigenvalue weighted by Crippen LogP contribution is 2.20. The van der Waals surface area contributed by atoms with Gasteiger partial charge in [0, 0.05) is 38.3 Å². The monoisotopic (exact) mass is 403 g/mol. The summed E-state index contributed by atoms with van der Waals surface area (Å²) in [6, 6.07) is 14.4. The Morgan fingerprint density at radius 1 is 1.18 bits per heavy atom. The van der Waals surface area contributed by atoms with Gasteiger partial charge in [-0.25, -0.2) is 4.39 Å². The van der Waals surface area contributed by atoms with Crippen molar-refractivity contribution in [3.8, 4) is 5.75 Å². The van der Waals surface area contributed by atoms with E-state index in [4.69, 9.17) is 21.7 Å². The van der Waals surface area contributed by atoms with E-state index in [-0.39, 0.29) is 5.82 Å². The molecule has 0 unspecified atom stereocenters. The lowest BCUT2D eigenvalue weighted by molar-refractivity contribution is 0.0358. The lowest BCUT2D eigenvalue weighted by atomic mass is 10.2. The Morgan fingerprint density at radius 3 is 2.64 bits per heavy atom. The van der Waals surface area contributed by atoms with Crippen molar-refractivity contribution < 1.29 is 13.9 Å². The molecular weight excluding hydrogens is 377 g/mol. The number of hydrogen-bond acceptors (Lipinski definition) is 4. The van der Waals surface area contributed by atoms with Gasteiger partial charge < -0.3 is 19.7 Å². The molecule has 1 aliphatic heterocycles. The average Bonchev–Trinajstić information content (AvgIpc) is 2.73. The van der Waals surface area contributed by atoms with Crippen LogP contribution in [-0.2, 0) is 11.3 Å². The third-order valence-corrected chi connectivity index (χ3v) is 5.11. The van der Waals surface area contributed by atoms with Crippen molar-refractivity contribution in [3.63, 3.8) is 0 Å². The number of thiocarbonyl (C=S) groups is 1. The second-order valence-corrected chi connectivity index (χ2v) is 6.98. The number of benzene rings is 2. The number of para-hydroxylation sites is 2. The standard InChI is InChI=1S/C21H26FN3O2S/c1-26-20-9-5-2-6-17(20)16-25(11-10-24-12-14-27-15-13-24)21(28)23-19-8-4-3-7-18(19)22/h2-9H,10-16H2,1H3,(H,23,28). The summed E-state index contributed by atoms with van der Waals surface area (Å²) < 4.78 is 25.0. The van der Waals surface area contributed by atoms with Crippen molar-refractivity contribution in [1.82, 2.24) is 9.80 Å². The van der Waals surface area contributed by atoms with Crippen molar-refractivity contribution in [3.05, 3.63) is 59.9 Å². The predicted molar refractivity (Wildman–Crippen MR) is 113 cm³/mol. The van der Waals surface area contributed by atoms with Crippen molar-refractivity contribution in [2.45, 2.75) is 6.54 Å². The Labute approximate surface area is 171 Å². The lowest BCUT2D eigenvalue weighted by Gasteiger charge is -2.31. The molecule has 1 aliphatic rings. The van der Waals surface area contributed by atoms with E-state index in [1.807, 2.05) is 24.3 Å². The number of hydrogen-bond donors (Lipinski definition) is 1. The van der Waals surface area contributed by atoms with Gasteiger partial charge in [0.25, 0.3) is 0 Å². The smallest absolute Gasteiger partial charge is 0.173 e. The maximum atomic E-state index is 14.1. The van der Waals surface area contributed by atoms with Crippen LogP contribution < -0.4 is 10.1 Å². The molecule has 7 heteroatoms. The van der Waals surface area contributed by atoms with Crippen LogP contribution in [0.4, 0.5) is 10.1 Å². The number of morpholine rings is 1. The van der Waals surface area contributed by atoms with Gasteiger partial charge in [0.15, 0.2) is 5.11 Å². The fourth-order valence-electron chi connectivity index (χ4n) is 3.14. The molecule has 1 N–H and O–H groups in total. The molecule has 150 valence electrons. The summed E-state index contributed by atoms with van der Waals surface area (Å²) in [6.07, 6.45) is 0. The number of nitrogens with zero attached hydrogens (tertiary/aromatic N) is 2. The quantitative estimate of drug-likeness (QED) is 0.715. The number of halogens is 1. The van der Waals surface area contributed by atoms with Crippen LogP contribution >= 0.6 is 12.2 Å². The van der Waals surface area contributed by atoms with Crippen molar-refractivity contribution in [2.75, 3.05) is 51.8 Å². The molecule has 0 radical (unpaired) electrons. The fraction of sp³-hybridized carbons (Fsp3) is 0.381. The van der Waals surface area contributed by atoms with Crippen molar-refractivity contribution >= 4 is 23.0 Å². The van der Waals surface area contributed by atoms with Gasteiger partial charge in [-0.2, -0.15) is 0 Å². The number of anilines is 1. The van der Waals surface area contributed by atoms with E-state index in [0.29, 0.717) is 17.3 Å². The SMILES string of the molecule is COc1ccccc1CN(CCN1CCOCC1)C(=S)Nc1ccccc1F. The summed E-state index contributed by atoms with van der Waals surface area (Å²) in [7, 11) is 1.66. The highest BCUT2D eigenvalue weighted by molar-refractivity contribution is 7.80. The van der Waals surface area contributed by atoms with Gasteiger partial charge in [-0.05, 0) is 30.4 Å². The molecule has 0 saturated carbocycles. The molecular formula is C21H26FN3O2S. The molecule has 0 spiro atoms. The fourth-order valence-corrected chi connectivity index (χ4v) is 3.40. The minimum Gasteiger partial charge on any atom is -0.496 e. The van der Waals surface area contributed by atoms with Gasteiger partial charge >= 0.3 is 0 Å². The lowest BCUT2D eigenvalue weighted by Crippen LogP contribution is -2.44. The Hall–Kier alpha value is -2.22. The summed E-state index contributed by atoms with van der Waals surface area (Å²) >= 11 is 5.63. The average molecular weight is 404 g/mol. The summed E-state index contributed by atoms with van der Waals surface area (Å²) in [5.41, 5.74) is 1.41. The summed E-state index contributed by atoms with van der Waals surface area (Å²) in [6.45, 7) is 5.49. The van der Waals surface area contributed by atoms with Crippen LogP contribution in [0, 0.1) is 5.82 Å². The van der Waals surface area contributed by atoms with Gasteiger partial charge in [0.1, 0.15) is 11.6 Å². The first-order chi connectivity index (χ1) is 13.7. The zero-order chi connectivity index (χ0) is 19.8. The van der Waals surface area contributed by atoms with Gasteiger partial charge in [-0.1, -0.05) is 30.3 Å². The Kier molecular flexibility index (Phi) is 7.59. The van der Waals surface area contributed by atoms with E-state index < -0.39 is 0 Å². The first-order valence-corrected chi connectivity index (χ1v) is 9.80. The maximum Gasteiger partial charge on any atom is 0.173 e. The van der Waals surface area contributed by atoms with E-state index in [2.05, 4.69) is 15.1 Å². The van der Waals surface area contributed by atoms with E-state index >= 15 is 0 Å². The second-order valence-electron chi connectivity index (χ2n) is 6.60. The largest absolute Gasteiger partial charge is 0.496 e. The minimum atomic E-state index is -0.324. The zero-order valence-corrected chi connectivity index (χ0v) is 16.9. The molecule has 0 amide bonds. The Morgan fingerprint density at radius 2 is 1.89 bits per heavy atom. The molecule has 3 rings (SSSR count). The Balaban J connectivity index is 1.72. The van der Waals surface area contributed by atoms with Gasteiger partial charge in [-0.15, -0.1) is 0 Å². The predicted octanol–water partition coefficient (Wildman–Crippen LogP) is 3.37. The highest BCUT2D eigenvalue weighted by atomic mass is 32.1. The topological polar surface area (TPSA) is 37.0 Å². The normalized spacial score (nSPS) is 14.5. The molecule has 2 aromatic carbocycles. The molecule has 1 fully saturated rings. The molecule has 0 bridgehead atoms. The highest BCUT2D eigenvalue weighted by Gasteiger charge is 2.17. The molecule has 1 saturated heterocycles. The summed E-state index contributed by atoms with van der Waals surface area (Å²) in [5.74, 6) is 0.489. The number of ether oxygens (including phenoxy) is 2. The molecule has 0 atom stereocenters. The maximum absolute atomic E-state index is 14.1. The molecule has 5 nitrogen and oxygen atoms in total. The van der Waals surface area contributed by atoms with E-state index in [1.165, 1.54) is 6.07 Å². The molecule has 0 aliphatic carbocycles. The van der Waals surface area contributed by atoms with Crippen LogP contribution in [-0.4, -0.2) is 61.4 Å². The Bertz CT molecular complexity index is 784. The van der Waals surface area contributed by atoms with Gasteiger partial charge in [-0.3, -0.25) is 4.90 Å². The summed E-state index contributed by atoms with van der Waals surface area (Å²) in [5, 5.41) is 3.54. The molecule has 0 aromatic heterocycles. The van der Waals surface area contributed by atoms with E-state index in [0.717, 1.165) is 50.7 Å². The minimum absolute atomic E-state index is 0.324. The first kappa shape index (κ1) is 20.5. The van der Waals surface area contributed by atoms with E-state index in [1.54, 1.807) is 25.3 Å². The number of methoxy groups -OCH3 is 1. The van der Waals surface area contributed by atoms with Crippen LogP contribution in [0.2, 0.25) is 0 Å². The molecule has 28 heavy (non-hydrogen) atoms. The third kappa shape index (κ3) is 5.64. The van der Waals surface area contributed by atoms with Crippen molar-refractivity contribution in [1.29, 1.82) is 0 Å². The van der Waals surface area contributed by atoms with Gasteiger partial charge in [0.05, 0.1) is 26.0 Å². The molecule has 1 heterocycles. The second kappa shape index (κ2) is 10.4. The summed E-state index contributed by atoms with van der Waals surface area (Å²) in [4.78, 5) is 4.40. The number of nitrogens with one attached hydrogen (secondary N) is 1. The third-order valence-electron chi connectivity index (χ3n) is 4.75. The van der Waals surface area contributed by atoms with Crippen molar-refractivity contribution in [2.24, 2.45) is 0 Å². The van der Waals surface area contributed by atoms with Crippen LogP contribution in [0.1, 0.15) is 5.56 Å². The van der Waals surface area contributed by atoms with Crippen LogP contribution in [0.3, 0.4) is 0 Å². The number of rotatable bonds is 7. The zero-order valence-electron chi connectivity index (χ0n) is 16.1. The molecule has 2 aromatic rings. The van der Waals surface area contributed by atoms with Crippen LogP contribution in [0.15, 0.2) is 48.5 Å². The van der Waals surface area contributed by atoms with Crippen LogP contribution in [0.5, 0.6) is 5.75 Å².